The zero-order valence-corrected chi connectivity index (χ0v) is 18.9. The van der Waals surface area contributed by atoms with Gasteiger partial charge in [-0.2, -0.15) is 0 Å². The molecule has 1 fully saturated rings. The van der Waals surface area contributed by atoms with E-state index in [0.717, 1.165) is 32.2 Å². The van der Waals surface area contributed by atoms with E-state index in [4.69, 9.17) is 10.5 Å². The smallest absolute Gasteiger partial charge is 0.141 e. The van der Waals surface area contributed by atoms with Crippen molar-refractivity contribution in [2.24, 2.45) is 21.6 Å². The van der Waals surface area contributed by atoms with Gasteiger partial charge >= 0.3 is 0 Å². The van der Waals surface area contributed by atoms with E-state index in [-0.39, 0.29) is 17.4 Å². The van der Waals surface area contributed by atoms with Crippen molar-refractivity contribution in [3.63, 3.8) is 0 Å². The second-order valence-corrected chi connectivity index (χ2v) is 10.0. The van der Waals surface area contributed by atoms with Crippen molar-refractivity contribution in [3.05, 3.63) is 58.0 Å². The van der Waals surface area contributed by atoms with Crippen molar-refractivity contribution in [3.8, 4) is 0 Å². The molecule has 1 aromatic carbocycles. The summed E-state index contributed by atoms with van der Waals surface area (Å²) in [5.41, 5.74) is 9.75. The number of rotatable bonds is 5. The quantitative estimate of drug-likeness (QED) is 0.414. The molecule has 1 unspecified atom stereocenters. The van der Waals surface area contributed by atoms with Gasteiger partial charge in [0.15, 0.2) is 0 Å². The molecule has 0 radical (unpaired) electrons. The van der Waals surface area contributed by atoms with Crippen LogP contribution in [0.3, 0.4) is 0 Å². The molecule has 8 heteroatoms. The standard InChI is InChI=1S/C23H30N4O3S/c1-16(2)20(13-28)26-22(24)21-19(7-12-31(21)29)25-15-27-10-8-23(9-11-27)18-6-4-3-5-17(18)14-30-23/h3-6,13,15-16,28H,7-12,14H2,1-2H3,(H2,24,26)/b20-13+,25-15?. The number of allylic oxidation sites excluding steroid dienone is 2. The lowest BCUT2D eigenvalue weighted by molar-refractivity contribution is -0.0700. The van der Waals surface area contributed by atoms with Gasteiger partial charge in [-0.3, -0.25) is 4.21 Å². The topological polar surface area (TPSA) is 101 Å². The van der Waals surface area contributed by atoms with Gasteiger partial charge in [-0.15, -0.1) is 0 Å². The summed E-state index contributed by atoms with van der Waals surface area (Å²) in [6.45, 7) is 6.20. The first-order chi connectivity index (χ1) is 14.9. The van der Waals surface area contributed by atoms with Crippen LogP contribution in [0.5, 0.6) is 0 Å². The van der Waals surface area contributed by atoms with E-state index in [1.54, 1.807) is 0 Å². The minimum absolute atomic E-state index is 0.00884. The Bertz CT molecular complexity index is 988. The average Bonchev–Trinajstić information content (AvgIpc) is 3.32. The number of hydrogen-bond acceptors (Lipinski definition) is 5. The highest BCUT2D eigenvalue weighted by Gasteiger charge is 2.42. The molecule has 7 nitrogen and oxygen atoms in total. The first-order valence-electron chi connectivity index (χ1n) is 10.7. The highest BCUT2D eigenvalue weighted by molar-refractivity contribution is 7.90. The number of aliphatic imine (C=N–C) groups is 2. The first kappa shape index (κ1) is 21.8. The average molecular weight is 443 g/mol. The summed E-state index contributed by atoms with van der Waals surface area (Å²) < 4.78 is 18.7. The van der Waals surface area contributed by atoms with E-state index in [0.29, 0.717) is 35.1 Å². The predicted molar refractivity (Wildman–Crippen MR) is 124 cm³/mol. The van der Waals surface area contributed by atoms with Crippen LogP contribution in [-0.2, 0) is 27.7 Å². The van der Waals surface area contributed by atoms with Crippen LogP contribution in [0.1, 0.15) is 44.2 Å². The van der Waals surface area contributed by atoms with Crippen LogP contribution in [0, 0.1) is 5.92 Å². The third kappa shape index (κ3) is 4.32. The lowest BCUT2D eigenvalue weighted by atomic mass is 9.84. The highest BCUT2D eigenvalue weighted by atomic mass is 32.2. The van der Waals surface area contributed by atoms with Gasteiger partial charge in [0.1, 0.15) is 17.0 Å². The number of nitrogens with zero attached hydrogens (tertiary/aromatic N) is 3. The van der Waals surface area contributed by atoms with Gasteiger partial charge in [0.05, 0.1) is 40.7 Å². The molecule has 0 aliphatic carbocycles. The summed E-state index contributed by atoms with van der Waals surface area (Å²) in [7, 11) is -1.23. The fourth-order valence-corrected chi connectivity index (χ4v) is 5.65. The highest BCUT2D eigenvalue weighted by Crippen LogP contribution is 2.43. The maximum absolute atomic E-state index is 12.5. The second kappa shape index (κ2) is 8.96. The third-order valence-electron chi connectivity index (χ3n) is 6.21. The maximum Gasteiger partial charge on any atom is 0.141 e. The Morgan fingerprint density at radius 3 is 2.77 bits per heavy atom. The summed E-state index contributed by atoms with van der Waals surface area (Å²) in [6.07, 6.45) is 5.21. The summed E-state index contributed by atoms with van der Waals surface area (Å²) in [5.74, 6) is 0.673. The molecule has 0 aromatic heterocycles. The number of aliphatic hydroxyl groups is 1. The Kier molecular flexibility index (Phi) is 6.29. The van der Waals surface area contributed by atoms with Crippen LogP contribution in [0.2, 0.25) is 0 Å². The molecule has 166 valence electrons. The molecule has 1 saturated heterocycles. The van der Waals surface area contributed by atoms with E-state index in [9.17, 15) is 9.32 Å². The van der Waals surface area contributed by atoms with E-state index in [2.05, 4.69) is 39.2 Å². The van der Waals surface area contributed by atoms with Gasteiger partial charge in [-0.25, -0.2) is 9.98 Å². The molecule has 0 bridgehead atoms. The molecule has 1 aromatic rings. The minimum Gasteiger partial charge on any atom is -0.514 e. The lowest BCUT2D eigenvalue weighted by Crippen LogP contribution is -2.41. The van der Waals surface area contributed by atoms with E-state index < -0.39 is 10.8 Å². The molecular formula is C23H30N4O3S. The number of amidine groups is 1. The van der Waals surface area contributed by atoms with Gasteiger partial charge in [0.25, 0.3) is 0 Å². The number of fused-ring (bicyclic) bond motifs is 2. The maximum atomic E-state index is 12.5. The van der Waals surface area contributed by atoms with Crippen molar-refractivity contribution in [1.82, 2.24) is 4.90 Å². The lowest BCUT2D eigenvalue weighted by Gasteiger charge is -2.38. The van der Waals surface area contributed by atoms with Gasteiger partial charge in [0.2, 0.25) is 0 Å². The zero-order valence-electron chi connectivity index (χ0n) is 18.1. The Hall–Kier alpha value is -2.45. The van der Waals surface area contributed by atoms with Crippen molar-refractivity contribution < 1.29 is 14.1 Å². The van der Waals surface area contributed by atoms with Crippen LogP contribution in [0.25, 0.3) is 0 Å². The molecule has 3 heterocycles. The Morgan fingerprint density at radius 2 is 2.06 bits per heavy atom. The Balaban J connectivity index is 1.47. The number of likely N-dealkylation sites (tertiary alicyclic amines) is 1. The molecule has 1 atom stereocenters. The molecular weight excluding hydrogens is 412 g/mol. The van der Waals surface area contributed by atoms with Crippen molar-refractivity contribution in [2.45, 2.75) is 45.3 Å². The van der Waals surface area contributed by atoms with Crippen molar-refractivity contribution in [2.75, 3.05) is 18.8 Å². The molecule has 0 saturated carbocycles. The van der Waals surface area contributed by atoms with Gasteiger partial charge < -0.3 is 20.5 Å². The SMILES string of the molecule is CC(C)/C(=C\O)N=C(N)C1=C(N=CN2CCC3(CC2)OCc2ccccc23)CCS1=O. The Labute approximate surface area is 185 Å². The molecule has 3 N–H and O–H groups in total. The fraction of sp³-hybridized carbons (Fsp3) is 0.478. The zero-order chi connectivity index (χ0) is 22.0. The number of piperidine rings is 1. The normalized spacial score (nSPS) is 24.1. The largest absolute Gasteiger partial charge is 0.514 e. The third-order valence-corrected chi connectivity index (χ3v) is 7.69. The molecule has 3 aliphatic heterocycles. The van der Waals surface area contributed by atoms with Crippen LogP contribution >= 0.6 is 0 Å². The number of hydrogen-bond donors (Lipinski definition) is 2. The van der Waals surface area contributed by atoms with Crippen LogP contribution < -0.4 is 5.73 Å². The Morgan fingerprint density at radius 1 is 1.32 bits per heavy atom. The van der Waals surface area contributed by atoms with Gasteiger partial charge in [-0.1, -0.05) is 38.1 Å². The second-order valence-electron chi connectivity index (χ2n) is 8.50. The predicted octanol–water partition coefficient (Wildman–Crippen LogP) is 3.31. The monoisotopic (exact) mass is 442 g/mol. The molecule has 31 heavy (non-hydrogen) atoms. The summed E-state index contributed by atoms with van der Waals surface area (Å²) in [6, 6.07) is 8.48. The summed E-state index contributed by atoms with van der Waals surface area (Å²) in [5, 5.41) is 9.38. The first-order valence-corrected chi connectivity index (χ1v) is 12.1. The van der Waals surface area contributed by atoms with Crippen LogP contribution in [0.4, 0.5) is 0 Å². The molecule has 4 rings (SSSR count). The minimum atomic E-state index is -1.23. The summed E-state index contributed by atoms with van der Waals surface area (Å²) >= 11 is 0. The van der Waals surface area contributed by atoms with Gasteiger partial charge in [-0.05, 0) is 29.9 Å². The molecule has 0 amide bonds. The fourth-order valence-electron chi connectivity index (χ4n) is 4.37. The summed E-state index contributed by atoms with van der Waals surface area (Å²) in [4.78, 5) is 11.6. The number of benzene rings is 1. The van der Waals surface area contributed by atoms with E-state index >= 15 is 0 Å². The van der Waals surface area contributed by atoms with E-state index in [1.807, 2.05) is 20.2 Å². The molecule has 3 aliphatic rings. The number of nitrogens with two attached hydrogens (primary N) is 1. The molecule has 1 spiro atoms. The van der Waals surface area contributed by atoms with E-state index in [1.165, 1.54) is 11.1 Å². The van der Waals surface area contributed by atoms with Crippen molar-refractivity contribution >= 4 is 23.0 Å². The number of ether oxygens (including phenoxy) is 1. The van der Waals surface area contributed by atoms with Crippen LogP contribution in [0.15, 0.2) is 56.8 Å². The van der Waals surface area contributed by atoms with Crippen LogP contribution in [-0.4, -0.2) is 45.2 Å². The van der Waals surface area contributed by atoms with Crippen molar-refractivity contribution in [1.29, 1.82) is 0 Å². The van der Waals surface area contributed by atoms with Gasteiger partial charge in [0, 0.05) is 25.3 Å². The number of aliphatic hydroxyl groups excluding tert-OH is 1.